The molecule has 1 N–H and O–H groups in total. The van der Waals surface area contributed by atoms with Crippen LogP contribution < -0.4 is 5.32 Å². The van der Waals surface area contributed by atoms with E-state index in [9.17, 15) is 14.9 Å². The number of rotatable bonds is 6. The Balaban J connectivity index is 2.97. The first-order valence-electron chi connectivity index (χ1n) is 7.11. The molecule has 0 radical (unpaired) electrons. The molecule has 0 saturated heterocycles. The highest BCUT2D eigenvalue weighted by atomic mass is 16.6. The summed E-state index contributed by atoms with van der Waals surface area (Å²) >= 11 is 0. The van der Waals surface area contributed by atoms with Gasteiger partial charge in [0.25, 0.3) is 5.70 Å². The lowest BCUT2D eigenvalue weighted by Gasteiger charge is -2.14. The van der Waals surface area contributed by atoms with E-state index in [0.717, 1.165) is 11.3 Å². The number of ether oxygens (including phenoxy) is 1. The largest absolute Gasteiger partial charge is 0.465 e. The predicted molar refractivity (Wildman–Crippen MR) is 79.9 cm³/mol. The molecule has 6 nitrogen and oxygen atoms in total. The van der Waals surface area contributed by atoms with Crippen LogP contribution in [0, 0.1) is 16.0 Å². The van der Waals surface area contributed by atoms with Gasteiger partial charge in [0.15, 0.2) is 0 Å². The summed E-state index contributed by atoms with van der Waals surface area (Å²) in [6.45, 7) is 7.59. The van der Waals surface area contributed by atoms with Crippen LogP contribution in [0.2, 0.25) is 0 Å². The van der Waals surface area contributed by atoms with Crippen molar-refractivity contribution in [2.45, 2.75) is 40.2 Å². The summed E-state index contributed by atoms with van der Waals surface area (Å²) in [6, 6.07) is -0.0721. The van der Waals surface area contributed by atoms with Crippen LogP contribution >= 0.6 is 0 Å². The van der Waals surface area contributed by atoms with Crippen molar-refractivity contribution in [3.05, 3.63) is 45.3 Å². The van der Waals surface area contributed by atoms with Crippen LogP contribution in [0.3, 0.4) is 0 Å². The molecule has 0 aromatic rings. The van der Waals surface area contributed by atoms with Gasteiger partial charge in [-0.05, 0) is 44.9 Å². The lowest BCUT2D eigenvalue weighted by molar-refractivity contribution is -0.419. The first-order chi connectivity index (χ1) is 9.90. The maximum atomic E-state index is 11.7. The predicted octanol–water partition coefficient (Wildman–Crippen LogP) is 2.56. The molecule has 1 aliphatic rings. The lowest BCUT2D eigenvalue weighted by atomic mass is 10.1. The van der Waals surface area contributed by atoms with Gasteiger partial charge in [0.2, 0.25) is 0 Å². The van der Waals surface area contributed by atoms with Gasteiger partial charge in [0, 0.05) is 17.8 Å². The third-order valence-electron chi connectivity index (χ3n) is 3.25. The van der Waals surface area contributed by atoms with Gasteiger partial charge in [0.05, 0.1) is 17.4 Å². The first kappa shape index (κ1) is 16.9. The fourth-order valence-electron chi connectivity index (χ4n) is 2.06. The monoisotopic (exact) mass is 294 g/mol. The SMILES string of the molecule is CC/C=C(\C=C1\C=C(C(C)C(=O)OCC)NC1C)[N+](=O)[O-]. The highest BCUT2D eigenvalue weighted by Gasteiger charge is 2.26. The second-order valence-corrected chi connectivity index (χ2v) is 4.88. The van der Waals surface area contributed by atoms with Crippen molar-refractivity contribution >= 4 is 5.97 Å². The first-order valence-corrected chi connectivity index (χ1v) is 7.11. The van der Waals surface area contributed by atoms with Crippen LogP contribution in [0.15, 0.2) is 35.2 Å². The van der Waals surface area contributed by atoms with Crippen molar-refractivity contribution < 1.29 is 14.5 Å². The van der Waals surface area contributed by atoms with Gasteiger partial charge in [-0.2, -0.15) is 0 Å². The molecular weight excluding hydrogens is 272 g/mol. The highest BCUT2D eigenvalue weighted by molar-refractivity contribution is 5.75. The summed E-state index contributed by atoms with van der Waals surface area (Å²) in [5.74, 6) is -0.712. The maximum Gasteiger partial charge on any atom is 0.314 e. The number of nitro groups is 1. The van der Waals surface area contributed by atoms with Crippen LogP contribution in [0.1, 0.15) is 34.1 Å². The molecule has 6 heteroatoms. The molecule has 0 aliphatic carbocycles. The van der Waals surface area contributed by atoms with E-state index in [1.165, 1.54) is 0 Å². The fraction of sp³-hybridized carbons (Fsp3) is 0.533. The van der Waals surface area contributed by atoms with Crippen LogP contribution in [0.25, 0.3) is 0 Å². The van der Waals surface area contributed by atoms with Crippen LogP contribution in [0.4, 0.5) is 0 Å². The van der Waals surface area contributed by atoms with Gasteiger partial charge in [-0.25, -0.2) is 0 Å². The molecule has 0 fully saturated rings. The molecule has 1 heterocycles. The summed E-state index contributed by atoms with van der Waals surface area (Å²) < 4.78 is 4.99. The second-order valence-electron chi connectivity index (χ2n) is 4.88. The van der Waals surface area contributed by atoms with E-state index in [0.29, 0.717) is 13.0 Å². The number of allylic oxidation sites excluding steroid dienone is 2. The standard InChI is InChI=1S/C15H22N2O4/c1-5-7-13(17(19)20)8-12-9-14(16-11(12)4)10(3)15(18)21-6-2/h7-11,16H,5-6H2,1-4H3/b12-8-,13-7+. The van der Waals surface area contributed by atoms with E-state index in [2.05, 4.69) is 5.32 Å². The summed E-state index contributed by atoms with van der Waals surface area (Å²) in [7, 11) is 0. The van der Waals surface area contributed by atoms with E-state index in [-0.39, 0.29) is 17.7 Å². The summed E-state index contributed by atoms with van der Waals surface area (Å²) in [5, 5.41) is 14.1. The van der Waals surface area contributed by atoms with Crippen LogP contribution in [-0.2, 0) is 9.53 Å². The molecule has 1 rings (SSSR count). The normalized spacial score (nSPS) is 21.7. The maximum absolute atomic E-state index is 11.7. The molecule has 0 aromatic carbocycles. The molecule has 0 amide bonds. The zero-order chi connectivity index (χ0) is 16.0. The number of hydrogen-bond acceptors (Lipinski definition) is 5. The van der Waals surface area contributed by atoms with E-state index >= 15 is 0 Å². The van der Waals surface area contributed by atoms with Gasteiger partial charge in [-0.3, -0.25) is 14.9 Å². The molecule has 2 atom stereocenters. The summed E-state index contributed by atoms with van der Waals surface area (Å²) in [4.78, 5) is 22.3. The van der Waals surface area contributed by atoms with Crippen molar-refractivity contribution in [2.24, 2.45) is 5.92 Å². The van der Waals surface area contributed by atoms with Gasteiger partial charge < -0.3 is 10.1 Å². The van der Waals surface area contributed by atoms with Crippen molar-refractivity contribution in [1.29, 1.82) is 0 Å². The minimum absolute atomic E-state index is 0.0717. The van der Waals surface area contributed by atoms with Crippen molar-refractivity contribution in [3.63, 3.8) is 0 Å². The summed E-state index contributed by atoms with van der Waals surface area (Å²) in [5.41, 5.74) is 1.59. The van der Waals surface area contributed by atoms with Gasteiger partial charge in [-0.15, -0.1) is 0 Å². The van der Waals surface area contributed by atoms with Gasteiger partial charge in [0.1, 0.15) is 0 Å². The van der Waals surface area contributed by atoms with Crippen LogP contribution in [0.5, 0.6) is 0 Å². The number of esters is 1. The Morgan fingerprint density at radius 2 is 2.24 bits per heavy atom. The zero-order valence-corrected chi connectivity index (χ0v) is 12.9. The lowest BCUT2D eigenvalue weighted by Crippen LogP contribution is -2.27. The number of carbonyl (C=O) groups is 1. The third kappa shape index (κ3) is 4.44. The summed E-state index contributed by atoms with van der Waals surface area (Å²) in [6.07, 6.45) is 5.50. The molecule has 1 aliphatic heterocycles. The molecular formula is C15H22N2O4. The minimum Gasteiger partial charge on any atom is -0.465 e. The average molecular weight is 294 g/mol. The van der Waals surface area contributed by atoms with Crippen molar-refractivity contribution in [3.8, 4) is 0 Å². The zero-order valence-electron chi connectivity index (χ0n) is 12.9. The van der Waals surface area contributed by atoms with Crippen molar-refractivity contribution in [1.82, 2.24) is 5.32 Å². The Kier molecular flexibility index (Phi) is 6.14. The Morgan fingerprint density at radius 3 is 2.76 bits per heavy atom. The molecule has 116 valence electrons. The van der Waals surface area contributed by atoms with E-state index < -0.39 is 10.8 Å². The Morgan fingerprint density at radius 1 is 1.57 bits per heavy atom. The number of hydrogen-bond donors (Lipinski definition) is 1. The molecule has 21 heavy (non-hydrogen) atoms. The molecule has 0 spiro atoms. The number of nitrogens with one attached hydrogen (secondary N) is 1. The molecule has 0 saturated carbocycles. The van der Waals surface area contributed by atoms with Crippen LogP contribution in [-0.4, -0.2) is 23.5 Å². The minimum atomic E-state index is -0.410. The number of carbonyl (C=O) groups excluding carboxylic acids is 1. The topological polar surface area (TPSA) is 81.5 Å². The quantitative estimate of drug-likeness (QED) is 0.462. The Labute approximate surface area is 124 Å². The Bertz CT molecular complexity index is 506. The van der Waals surface area contributed by atoms with E-state index in [4.69, 9.17) is 4.74 Å². The van der Waals surface area contributed by atoms with Gasteiger partial charge >= 0.3 is 5.97 Å². The molecule has 2 unspecified atom stereocenters. The highest BCUT2D eigenvalue weighted by Crippen LogP contribution is 2.23. The smallest absolute Gasteiger partial charge is 0.314 e. The second kappa shape index (κ2) is 7.61. The Hall–Kier alpha value is -2.11. The molecule has 0 aromatic heterocycles. The molecule has 0 bridgehead atoms. The number of nitrogens with zero attached hydrogens (tertiary/aromatic N) is 1. The van der Waals surface area contributed by atoms with Crippen molar-refractivity contribution in [2.75, 3.05) is 6.61 Å². The average Bonchev–Trinajstić information content (AvgIpc) is 2.79. The van der Waals surface area contributed by atoms with Gasteiger partial charge in [-0.1, -0.05) is 6.92 Å². The van der Waals surface area contributed by atoms with E-state index in [1.807, 2.05) is 13.8 Å². The third-order valence-corrected chi connectivity index (χ3v) is 3.25. The fourth-order valence-corrected chi connectivity index (χ4v) is 2.06. The van der Waals surface area contributed by atoms with E-state index in [1.54, 1.807) is 32.1 Å².